The number of nitrogens with one attached hydrogen (secondary N) is 4. The smallest absolute Gasteiger partial charge is 0.268 e. The molecule has 5 rings (SSSR count). The van der Waals surface area contributed by atoms with E-state index in [1.165, 1.54) is 0 Å². The molecule has 2 aromatic heterocycles. The number of hydrogen-bond donors (Lipinski definition) is 4. The zero-order chi connectivity index (χ0) is 21.6. The van der Waals surface area contributed by atoms with E-state index in [1.807, 2.05) is 18.2 Å². The third kappa shape index (κ3) is 3.59. The number of anilines is 5. The molecule has 0 atom stereocenters. The van der Waals surface area contributed by atoms with Crippen LogP contribution in [-0.2, 0) is 4.79 Å². The number of fused-ring (bicyclic) bond motifs is 2. The lowest BCUT2D eigenvalue weighted by atomic mass is 10.1. The van der Waals surface area contributed by atoms with Gasteiger partial charge in [0, 0.05) is 16.8 Å². The highest BCUT2D eigenvalue weighted by atomic mass is 19.1. The summed E-state index contributed by atoms with van der Waals surface area (Å²) in [6.45, 7) is 3.37. The van der Waals surface area contributed by atoms with Crippen LogP contribution in [0.5, 0.6) is 5.75 Å². The van der Waals surface area contributed by atoms with Crippen molar-refractivity contribution in [1.29, 1.82) is 0 Å². The lowest BCUT2D eigenvalue weighted by molar-refractivity contribution is -0.129. The number of ether oxygens (including phenoxy) is 1. The molecule has 0 unspecified atom stereocenters. The maximum Gasteiger partial charge on any atom is 0.268 e. The van der Waals surface area contributed by atoms with Crippen LogP contribution in [0.25, 0.3) is 10.9 Å². The van der Waals surface area contributed by atoms with Crippen LogP contribution in [-0.4, -0.2) is 31.7 Å². The van der Waals surface area contributed by atoms with E-state index in [-0.39, 0.29) is 17.7 Å². The number of H-pyrrole nitrogens is 1. The Labute approximate surface area is 176 Å². The van der Waals surface area contributed by atoms with Gasteiger partial charge in [-0.25, -0.2) is 9.37 Å². The Morgan fingerprint density at radius 3 is 2.74 bits per heavy atom. The number of aromatic amines is 1. The number of aromatic nitrogens is 4. The summed E-state index contributed by atoms with van der Waals surface area (Å²) in [5.41, 5.74) is 1.71. The average molecular weight is 419 g/mol. The van der Waals surface area contributed by atoms with Crippen LogP contribution < -0.4 is 20.7 Å². The molecule has 10 heteroatoms. The fourth-order valence-electron chi connectivity index (χ4n) is 3.19. The van der Waals surface area contributed by atoms with E-state index in [2.05, 4.69) is 36.1 Å². The number of nitrogens with zero attached hydrogens (tertiary/aromatic N) is 3. The molecule has 0 spiro atoms. The van der Waals surface area contributed by atoms with Gasteiger partial charge in [-0.15, -0.1) is 0 Å². The van der Waals surface area contributed by atoms with Gasteiger partial charge in [0.15, 0.2) is 17.2 Å². The van der Waals surface area contributed by atoms with E-state index < -0.39 is 11.4 Å². The quantitative estimate of drug-likeness (QED) is 0.394. The molecule has 2 aromatic carbocycles. The second-order valence-corrected chi connectivity index (χ2v) is 7.59. The van der Waals surface area contributed by atoms with E-state index in [1.54, 1.807) is 38.2 Å². The second-order valence-electron chi connectivity index (χ2n) is 7.59. The molecule has 3 heterocycles. The first-order valence-corrected chi connectivity index (χ1v) is 9.52. The maximum atomic E-state index is 14.3. The molecule has 4 N–H and O–H groups in total. The van der Waals surface area contributed by atoms with Gasteiger partial charge in [-0.1, -0.05) is 0 Å². The van der Waals surface area contributed by atoms with Crippen LogP contribution >= 0.6 is 0 Å². The number of rotatable bonds is 4. The molecule has 0 saturated heterocycles. The molecule has 9 nitrogen and oxygen atoms in total. The van der Waals surface area contributed by atoms with E-state index in [0.29, 0.717) is 17.1 Å². The molecule has 4 aromatic rings. The maximum absolute atomic E-state index is 14.3. The molecule has 0 fully saturated rings. The van der Waals surface area contributed by atoms with Gasteiger partial charge in [0.1, 0.15) is 5.75 Å². The Morgan fingerprint density at radius 1 is 1.06 bits per heavy atom. The molecule has 0 radical (unpaired) electrons. The molecule has 31 heavy (non-hydrogen) atoms. The molecule has 1 amide bonds. The summed E-state index contributed by atoms with van der Waals surface area (Å²) < 4.78 is 20.1. The predicted octanol–water partition coefficient (Wildman–Crippen LogP) is 4.09. The summed E-state index contributed by atoms with van der Waals surface area (Å²) in [6, 6.07) is 10.7. The van der Waals surface area contributed by atoms with E-state index in [4.69, 9.17) is 4.74 Å². The molecule has 0 saturated carbocycles. The third-order valence-corrected chi connectivity index (χ3v) is 4.84. The van der Waals surface area contributed by atoms with Crippen LogP contribution in [0.15, 0.2) is 48.8 Å². The van der Waals surface area contributed by atoms with Crippen molar-refractivity contribution in [1.82, 2.24) is 20.2 Å². The Hall–Kier alpha value is -4.21. The monoisotopic (exact) mass is 419 g/mol. The molecular weight excluding hydrogens is 401 g/mol. The summed E-state index contributed by atoms with van der Waals surface area (Å²) in [6.07, 6.45) is 2.79. The van der Waals surface area contributed by atoms with Crippen molar-refractivity contribution >= 4 is 45.6 Å². The van der Waals surface area contributed by atoms with Crippen LogP contribution in [0.1, 0.15) is 13.8 Å². The summed E-state index contributed by atoms with van der Waals surface area (Å²) in [7, 11) is 0. The first kappa shape index (κ1) is 18.8. The van der Waals surface area contributed by atoms with Crippen LogP contribution in [0.4, 0.5) is 33.2 Å². The fourth-order valence-corrected chi connectivity index (χ4v) is 3.19. The van der Waals surface area contributed by atoms with Gasteiger partial charge in [0.05, 0.1) is 23.6 Å². The lowest BCUT2D eigenvalue weighted by Crippen LogP contribution is -2.45. The average Bonchev–Trinajstić information content (AvgIpc) is 3.19. The Kier molecular flexibility index (Phi) is 4.21. The summed E-state index contributed by atoms with van der Waals surface area (Å²) in [4.78, 5) is 20.4. The number of carbonyl (C=O) groups excluding carboxylic acids is 1. The number of carbonyl (C=O) groups is 1. The second kappa shape index (κ2) is 6.94. The standard InChI is InChI=1S/C21H18FN7O2/c1-21(2)19(30)27-16-8-13(4-6-17(16)31-21)25-18-14(22)10-23-20(28-18)26-12-3-5-15-11(7-12)9-24-29-15/h3-10H,1-2H3,(H,24,29)(H,27,30)(H2,23,25,26,28). The third-order valence-electron chi connectivity index (χ3n) is 4.84. The summed E-state index contributed by atoms with van der Waals surface area (Å²) in [5, 5.41) is 16.6. The lowest BCUT2D eigenvalue weighted by Gasteiger charge is -2.31. The van der Waals surface area contributed by atoms with Crippen molar-refractivity contribution < 1.29 is 13.9 Å². The topological polar surface area (TPSA) is 117 Å². The number of halogens is 1. The van der Waals surface area contributed by atoms with Crippen LogP contribution in [0.2, 0.25) is 0 Å². The minimum Gasteiger partial charge on any atom is -0.476 e. The largest absolute Gasteiger partial charge is 0.476 e. The Balaban J connectivity index is 1.38. The van der Waals surface area contributed by atoms with Crippen molar-refractivity contribution in [3.63, 3.8) is 0 Å². The number of hydrogen-bond acceptors (Lipinski definition) is 7. The Morgan fingerprint density at radius 2 is 1.87 bits per heavy atom. The highest BCUT2D eigenvalue weighted by Crippen LogP contribution is 2.36. The first-order valence-electron chi connectivity index (χ1n) is 9.52. The van der Waals surface area contributed by atoms with E-state index in [0.717, 1.165) is 22.8 Å². The molecular formula is C21H18FN7O2. The van der Waals surface area contributed by atoms with Gasteiger partial charge < -0.3 is 20.7 Å². The molecule has 1 aliphatic heterocycles. The van der Waals surface area contributed by atoms with E-state index >= 15 is 0 Å². The SMILES string of the molecule is CC1(C)Oc2ccc(Nc3nc(Nc4ccc5[nH]ncc5c4)ncc3F)cc2NC1=O. The summed E-state index contributed by atoms with van der Waals surface area (Å²) in [5.74, 6) is -0.120. The van der Waals surface area contributed by atoms with Gasteiger partial charge in [-0.3, -0.25) is 9.89 Å². The zero-order valence-corrected chi connectivity index (χ0v) is 16.7. The number of amides is 1. The van der Waals surface area contributed by atoms with Gasteiger partial charge in [-0.05, 0) is 50.2 Å². The van der Waals surface area contributed by atoms with E-state index in [9.17, 15) is 9.18 Å². The zero-order valence-electron chi connectivity index (χ0n) is 16.7. The van der Waals surface area contributed by atoms with Gasteiger partial charge in [0.2, 0.25) is 5.95 Å². The van der Waals surface area contributed by atoms with Crippen molar-refractivity contribution in [2.45, 2.75) is 19.4 Å². The Bertz CT molecular complexity index is 1320. The number of benzene rings is 2. The summed E-state index contributed by atoms with van der Waals surface area (Å²) >= 11 is 0. The molecule has 1 aliphatic rings. The minimum absolute atomic E-state index is 0.00905. The predicted molar refractivity (Wildman–Crippen MR) is 114 cm³/mol. The first-order chi connectivity index (χ1) is 14.9. The molecule has 156 valence electrons. The van der Waals surface area contributed by atoms with Crippen LogP contribution in [0.3, 0.4) is 0 Å². The van der Waals surface area contributed by atoms with Gasteiger partial charge in [-0.2, -0.15) is 10.1 Å². The van der Waals surface area contributed by atoms with Crippen molar-refractivity contribution in [2.75, 3.05) is 16.0 Å². The highest BCUT2D eigenvalue weighted by Gasteiger charge is 2.35. The van der Waals surface area contributed by atoms with Crippen molar-refractivity contribution in [3.05, 3.63) is 54.6 Å². The normalized spacial score (nSPS) is 14.5. The molecule has 0 aliphatic carbocycles. The minimum atomic E-state index is -0.958. The van der Waals surface area contributed by atoms with Crippen LogP contribution in [0, 0.1) is 5.82 Å². The van der Waals surface area contributed by atoms with Gasteiger partial charge >= 0.3 is 0 Å². The van der Waals surface area contributed by atoms with Gasteiger partial charge in [0.25, 0.3) is 5.91 Å². The molecule has 0 bridgehead atoms. The fraction of sp³-hybridized carbons (Fsp3) is 0.143. The van der Waals surface area contributed by atoms with Crippen molar-refractivity contribution in [2.24, 2.45) is 0 Å². The highest BCUT2D eigenvalue weighted by molar-refractivity contribution is 6.00. The van der Waals surface area contributed by atoms with Crippen molar-refractivity contribution in [3.8, 4) is 5.75 Å².